The zero-order valence-corrected chi connectivity index (χ0v) is 16.7. The van der Waals surface area contributed by atoms with Crippen LogP contribution in [-0.4, -0.2) is 33.2 Å². The van der Waals surface area contributed by atoms with Crippen molar-refractivity contribution in [1.29, 1.82) is 0 Å². The fraction of sp³-hybridized carbons (Fsp3) is 0.222. The van der Waals surface area contributed by atoms with E-state index in [0.29, 0.717) is 25.6 Å². The minimum Gasteiger partial charge on any atom is -0.484 e. The summed E-state index contributed by atoms with van der Waals surface area (Å²) < 4.78 is 43.5. The largest absolute Gasteiger partial charge is 0.484 e. The molecule has 1 aromatic carbocycles. The van der Waals surface area contributed by atoms with E-state index in [9.17, 15) is 22.8 Å². The molecule has 1 N–H and O–H groups in total. The van der Waals surface area contributed by atoms with Gasteiger partial charge in [-0.2, -0.15) is 13.2 Å². The molecule has 3 heterocycles. The number of nitrogens with one attached hydrogen (secondary N) is 1. The second-order valence-electron chi connectivity index (χ2n) is 6.23. The summed E-state index contributed by atoms with van der Waals surface area (Å²) in [6.07, 6.45) is -2.98. The number of anilines is 1. The SMILES string of the molecule is O=C(CCn1cnc2sccc2c1=O)Nc1nc2ccc(OCC(F)(F)F)cc2s1. The highest BCUT2D eigenvalue weighted by Crippen LogP contribution is 2.30. The molecule has 0 fully saturated rings. The van der Waals surface area contributed by atoms with E-state index >= 15 is 0 Å². The molecule has 0 aliphatic heterocycles. The lowest BCUT2D eigenvalue weighted by molar-refractivity contribution is -0.153. The first-order valence-corrected chi connectivity index (χ1v) is 10.3. The van der Waals surface area contributed by atoms with Crippen molar-refractivity contribution in [3.63, 3.8) is 0 Å². The van der Waals surface area contributed by atoms with Crippen LogP contribution < -0.4 is 15.6 Å². The first kappa shape index (κ1) is 20.3. The number of nitrogens with zero attached hydrogens (tertiary/aromatic N) is 3. The van der Waals surface area contributed by atoms with Gasteiger partial charge in [-0.25, -0.2) is 9.97 Å². The minimum atomic E-state index is -4.42. The van der Waals surface area contributed by atoms with Crippen molar-refractivity contribution >= 4 is 54.1 Å². The molecular formula is C18H13F3N4O3S2. The molecule has 0 radical (unpaired) electrons. The number of rotatable bonds is 6. The first-order valence-electron chi connectivity index (χ1n) is 8.61. The number of hydrogen-bond acceptors (Lipinski definition) is 7. The Morgan fingerprint density at radius 3 is 2.90 bits per heavy atom. The zero-order valence-electron chi connectivity index (χ0n) is 15.1. The molecule has 0 saturated carbocycles. The van der Waals surface area contributed by atoms with Crippen molar-refractivity contribution in [1.82, 2.24) is 14.5 Å². The Bertz CT molecular complexity index is 1280. The van der Waals surface area contributed by atoms with Crippen molar-refractivity contribution in [3.8, 4) is 5.75 Å². The van der Waals surface area contributed by atoms with Gasteiger partial charge >= 0.3 is 6.18 Å². The van der Waals surface area contributed by atoms with Gasteiger partial charge in [0.25, 0.3) is 5.56 Å². The number of ether oxygens (including phenoxy) is 1. The molecule has 4 rings (SSSR count). The lowest BCUT2D eigenvalue weighted by atomic mass is 10.3. The van der Waals surface area contributed by atoms with Crippen LogP contribution in [0.1, 0.15) is 6.42 Å². The molecule has 0 aliphatic rings. The summed E-state index contributed by atoms with van der Waals surface area (Å²) in [5.74, 6) is -0.281. The van der Waals surface area contributed by atoms with Crippen LogP contribution in [0.15, 0.2) is 40.8 Å². The van der Waals surface area contributed by atoms with E-state index < -0.39 is 12.8 Å². The summed E-state index contributed by atoms with van der Waals surface area (Å²) in [4.78, 5) is 33.6. The third kappa shape index (κ3) is 4.60. The van der Waals surface area contributed by atoms with E-state index in [1.807, 2.05) is 0 Å². The fourth-order valence-electron chi connectivity index (χ4n) is 2.67. The number of aryl methyl sites for hydroxylation is 1. The molecule has 0 bridgehead atoms. The maximum Gasteiger partial charge on any atom is 0.422 e. The van der Waals surface area contributed by atoms with Gasteiger partial charge in [0, 0.05) is 13.0 Å². The summed E-state index contributed by atoms with van der Waals surface area (Å²) in [5, 5.41) is 5.24. The molecule has 30 heavy (non-hydrogen) atoms. The van der Waals surface area contributed by atoms with Crippen LogP contribution in [0, 0.1) is 0 Å². The number of benzene rings is 1. The maximum atomic E-state index is 12.3. The molecule has 0 saturated heterocycles. The standard InChI is InChI=1S/C18H13F3N4O3S2/c19-18(20,21)8-28-10-1-2-12-13(7-10)30-17(23-12)24-14(26)3-5-25-9-22-15-11(16(25)27)4-6-29-15/h1-2,4,6-7,9H,3,5,8H2,(H,23,24,26). The summed E-state index contributed by atoms with van der Waals surface area (Å²) in [6.45, 7) is -1.23. The zero-order chi connectivity index (χ0) is 21.3. The lowest BCUT2D eigenvalue weighted by Crippen LogP contribution is -2.23. The molecule has 1 amide bonds. The number of carbonyl (C=O) groups excluding carboxylic acids is 1. The molecule has 0 aliphatic carbocycles. The normalized spacial score (nSPS) is 11.8. The van der Waals surface area contributed by atoms with Gasteiger partial charge in [-0.3, -0.25) is 14.2 Å². The van der Waals surface area contributed by atoms with Gasteiger partial charge in [-0.05, 0) is 29.6 Å². The number of fused-ring (bicyclic) bond motifs is 2. The number of carbonyl (C=O) groups is 1. The maximum absolute atomic E-state index is 12.3. The Balaban J connectivity index is 1.40. The van der Waals surface area contributed by atoms with Gasteiger partial charge in [0.15, 0.2) is 11.7 Å². The first-order chi connectivity index (χ1) is 14.3. The Labute approximate surface area is 174 Å². The molecule has 4 aromatic rings. The number of hydrogen-bond donors (Lipinski definition) is 1. The summed E-state index contributed by atoms with van der Waals surface area (Å²) in [7, 11) is 0. The van der Waals surface area contributed by atoms with E-state index in [1.54, 1.807) is 11.4 Å². The summed E-state index contributed by atoms with van der Waals surface area (Å²) in [5.41, 5.74) is 0.318. The topological polar surface area (TPSA) is 86.1 Å². The summed E-state index contributed by atoms with van der Waals surface area (Å²) >= 11 is 2.49. The van der Waals surface area contributed by atoms with E-state index in [0.717, 1.165) is 11.3 Å². The Hall–Kier alpha value is -2.99. The van der Waals surface area contributed by atoms with E-state index in [-0.39, 0.29) is 30.2 Å². The quantitative estimate of drug-likeness (QED) is 0.475. The Morgan fingerprint density at radius 1 is 1.27 bits per heavy atom. The molecule has 7 nitrogen and oxygen atoms in total. The number of alkyl halides is 3. The summed E-state index contributed by atoms with van der Waals surface area (Å²) in [6, 6.07) is 6.04. The minimum absolute atomic E-state index is 0.0348. The second-order valence-corrected chi connectivity index (χ2v) is 8.16. The van der Waals surface area contributed by atoms with Crippen LogP contribution in [0.25, 0.3) is 20.4 Å². The third-order valence-corrected chi connectivity index (χ3v) is 5.79. The fourth-order valence-corrected chi connectivity index (χ4v) is 4.30. The van der Waals surface area contributed by atoms with Gasteiger partial charge < -0.3 is 10.1 Å². The van der Waals surface area contributed by atoms with Gasteiger partial charge in [0.05, 0.1) is 21.9 Å². The highest BCUT2D eigenvalue weighted by Gasteiger charge is 2.28. The van der Waals surface area contributed by atoms with E-state index in [2.05, 4.69) is 15.3 Å². The number of thiazole rings is 1. The number of aromatic nitrogens is 3. The van der Waals surface area contributed by atoms with E-state index in [4.69, 9.17) is 4.74 Å². The van der Waals surface area contributed by atoms with Crippen LogP contribution in [0.3, 0.4) is 0 Å². The molecular weight excluding hydrogens is 441 g/mol. The van der Waals surface area contributed by atoms with Crippen molar-refractivity contribution in [3.05, 3.63) is 46.3 Å². The number of amides is 1. The molecule has 0 unspecified atom stereocenters. The average molecular weight is 454 g/mol. The smallest absolute Gasteiger partial charge is 0.422 e. The van der Waals surface area contributed by atoms with Gasteiger partial charge in [0.2, 0.25) is 5.91 Å². The average Bonchev–Trinajstić information content (AvgIpc) is 3.31. The van der Waals surface area contributed by atoms with Crippen LogP contribution in [0.2, 0.25) is 0 Å². The molecule has 156 valence electrons. The highest BCUT2D eigenvalue weighted by atomic mass is 32.1. The van der Waals surface area contributed by atoms with Crippen LogP contribution in [0.4, 0.5) is 18.3 Å². The van der Waals surface area contributed by atoms with Gasteiger partial charge in [-0.1, -0.05) is 11.3 Å². The molecule has 0 atom stereocenters. The van der Waals surface area contributed by atoms with Crippen LogP contribution in [0.5, 0.6) is 5.75 Å². The third-order valence-electron chi connectivity index (χ3n) is 4.04. The predicted molar refractivity (Wildman–Crippen MR) is 108 cm³/mol. The van der Waals surface area contributed by atoms with E-state index in [1.165, 1.54) is 40.4 Å². The van der Waals surface area contributed by atoms with Gasteiger partial charge in [-0.15, -0.1) is 11.3 Å². The molecule has 3 aromatic heterocycles. The molecule has 0 spiro atoms. The number of halogens is 3. The highest BCUT2D eigenvalue weighted by molar-refractivity contribution is 7.22. The van der Waals surface area contributed by atoms with Crippen molar-refractivity contribution in [2.75, 3.05) is 11.9 Å². The monoisotopic (exact) mass is 454 g/mol. The Kier molecular flexibility index (Phi) is 5.43. The van der Waals surface area contributed by atoms with Crippen molar-refractivity contribution in [2.45, 2.75) is 19.1 Å². The van der Waals surface area contributed by atoms with Gasteiger partial charge in [0.1, 0.15) is 10.6 Å². The van der Waals surface area contributed by atoms with Crippen LogP contribution >= 0.6 is 22.7 Å². The second kappa shape index (κ2) is 8.03. The van der Waals surface area contributed by atoms with Crippen molar-refractivity contribution in [2.24, 2.45) is 0 Å². The Morgan fingerprint density at radius 2 is 2.10 bits per heavy atom. The lowest BCUT2D eigenvalue weighted by Gasteiger charge is -2.08. The van der Waals surface area contributed by atoms with Crippen molar-refractivity contribution < 1.29 is 22.7 Å². The number of thiophene rings is 1. The molecule has 12 heteroatoms. The van der Waals surface area contributed by atoms with Crippen LogP contribution in [-0.2, 0) is 11.3 Å². The predicted octanol–water partition coefficient (Wildman–Crippen LogP) is 4.04.